The van der Waals surface area contributed by atoms with Crippen molar-refractivity contribution in [1.82, 2.24) is 0 Å². The third kappa shape index (κ3) is 1.62. The molecule has 78 valence electrons. The van der Waals surface area contributed by atoms with Crippen molar-refractivity contribution in [2.75, 3.05) is 0 Å². The van der Waals surface area contributed by atoms with Crippen molar-refractivity contribution in [1.29, 1.82) is 0 Å². The monoisotopic (exact) mass is 430 g/mol. The van der Waals surface area contributed by atoms with Crippen molar-refractivity contribution in [3.63, 3.8) is 0 Å². The van der Waals surface area contributed by atoms with E-state index in [4.69, 9.17) is 0 Å². The maximum Gasteiger partial charge on any atom is 0.0342 e. The Balaban J connectivity index is 2.58. The summed E-state index contributed by atoms with van der Waals surface area (Å²) in [6.07, 6.45) is 0. The molecule has 0 unspecified atom stereocenters. The maximum atomic E-state index is 2.43. The Hall–Kier alpha value is -0.360. The summed E-state index contributed by atoms with van der Waals surface area (Å²) < 4.78 is 2.67. The summed E-state index contributed by atoms with van der Waals surface area (Å²) in [6.45, 7) is 0. The highest BCUT2D eigenvalue weighted by atomic mass is 127. The number of rotatable bonds is 0. The minimum Gasteiger partial charge on any atom is -0.0616 e. The van der Waals surface area contributed by atoms with Crippen LogP contribution in [0.4, 0.5) is 0 Å². The minimum atomic E-state index is 1.31. The Bertz CT molecular complexity index is 687. The predicted molar refractivity (Wildman–Crippen MR) is 86.9 cm³/mol. The van der Waals surface area contributed by atoms with Gasteiger partial charge in [-0.25, -0.2) is 0 Å². The first-order valence-electron chi connectivity index (χ1n) is 5.03. The highest BCUT2D eigenvalue weighted by Gasteiger charge is 2.05. The van der Waals surface area contributed by atoms with Gasteiger partial charge in [0.15, 0.2) is 0 Å². The molecular weight excluding hydrogens is 422 g/mol. The molecule has 0 aliphatic carbocycles. The lowest BCUT2D eigenvalue weighted by molar-refractivity contribution is 1.66. The van der Waals surface area contributed by atoms with E-state index in [0.717, 1.165) is 0 Å². The average molecular weight is 430 g/mol. The topological polar surface area (TPSA) is 0 Å². The highest BCUT2D eigenvalue weighted by molar-refractivity contribution is 14.1. The Morgan fingerprint density at radius 1 is 0.625 bits per heavy atom. The van der Waals surface area contributed by atoms with Crippen LogP contribution in [0.1, 0.15) is 0 Å². The van der Waals surface area contributed by atoms with Gasteiger partial charge >= 0.3 is 0 Å². The summed E-state index contributed by atoms with van der Waals surface area (Å²) in [6, 6.07) is 17.4. The summed E-state index contributed by atoms with van der Waals surface area (Å²) >= 11 is 4.82. The first kappa shape index (κ1) is 10.8. The molecule has 2 heteroatoms. The average Bonchev–Trinajstić information content (AvgIpc) is 2.33. The van der Waals surface area contributed by atoms with Crippen LogP contribution in [0.5, 0.6) is 0 Å². The van der Waals surface area contributed by atoms with Crippen molar-refractivity contribution in [2.24, 2.45) is 0 Å². The fourth-order valence-corrected chi connectivity index (χ4v) is 3.15. The van der Waals surface area contributed by atoms with Crippen LogP contribution in [0.2, 0.25) is 0 Å². The molecule has 0 N–H and O–H groups in total. The summed E-state index contributed by atoms with van der Waals surface area (Å²) in [5.74, 6) is 0. The molecule has 0 saturated heterocycles. The molecule has 0 heterocycles. The normalized spacial score (nSPS) is 11.1. The number of hydrogen-bond acceptors (Lipinski definition) is 0. The fraction of sp³-hybridized carbons (Fsp3) is 0. The van der Waals surface area contributed by atoms with E-state index in [1.54, 1.807) is 0 Å². The van der Waals surface area contributed by atoms with Gasteiger partial charge in [-0.1, -0.05) is 42.5 Å². The van der Waals surface area contributed by atoms with Gasteiger partial charge in [-0.05, 0) is 72.8 Å². The standard InChI is InChI=1S/C14H8I2/c15-13-8-7-11-10-4-2-1-3-9(10)5-6-12(11)14(13)16/h1-8H. The molecule has 0 fully saturated rings. The fourth-order valence-electron chi connectivity index (χ4n) is 2.02. The van der Waals surface area contributed by atoms with E-state index in [0.29, 0.717) is 0 Å². The van der Waals surface area contributed by atoms with E-state index < -0.39 is 0 Å². The van der Waals surface area contributed by atoms with E-state index >= 15 is 0 Å². The maximum absolute atomic E-state index is 2.43. The van der Waals surface area contributed by atoms with Crippen molar-refractivity contribution in [3.8, 4) is 0 Å². The lowest BCUT2D eigenvalue weighted by atomic mass is 10.0. The Morgan fingerprint density at radius 3 is 2.25 bits per heavy atom. The van der Waals surface area contributed by atoms with Gasteiger partial charge in [0.1, 0.15) is 0 Å². The Kier molecular flexibility index (Phi) is 2.79. The molecule has 0 saturated carbocycles. The molecule has 0 atom stereocenters. The molecule has 3 aromatic carbocycles. The minimum absolute atomic E-state index is 1.31. The Labute approximate surface area is 121 Å². The summed E-state index contributed by atoms with van der Waals surface area (Å²) in [4.78, 5) is 0. The van der Waals surface area contributed by atoms with Crippen molar-refractivity contribution in [3.05, 3.63) is 55.7 Å². The van der Waals surface area contributed by atoms with Gasteiger partial charge < -0.3 is 0 Å². The Morgan fingerprint density at radius 2 is 1.38 bits per heavy atom. The van der Waals surface area contributed by atoms with Crippen LogP contribution in [-0.4, -0.2) is 0 Å². The third-order valence-corrected chi connectivity index (χ3v) is 5.91. The van der Waals surface area contributed by atoms with Gasteiger partial charge in [0, 0.05) is 7.14 Å². The molecule has 0 bridgehead atoms. The van der Waals surface area contributed by atoms with Gasteiger partial charge in [-0.15, -0.1) is 0 Å². The number of halogens is 2. The molecule has 0 spiro atoms. The van der Waals surface area contributed by atoms with E-state index in [-0.39, 0.29) is 0 Å². The lowest BCUT2D eigenvalue weighted by Crippen LogP contribution is -1.84. The molecule has 0 aliphatic heterocycles. The molecule has 0 amide bonds. The molecule has 0 radical (unpaired) electrons. The van der Waals surface area contributed by atoms with Crippen molar-refractivity contribution >= 4 is 66.7 Å². The second kappa shape index (κ2) is 4.14. The molecule has 3 aromatic rings. The molecule has 3 rings (SSSR count). The van der Waals surface area contributed by atoms with Gasteiger partial charge in [-0.2, -0.15) is 0 Å². The largest absolute Gasteiger partial charge is 0.0616 e. The highest BCUT2D eigenvalue weighted by Crippen LogP contribution is 2.30. The molecule has 0 aromatic heterocycles. The van der Waals surface area contributed by atoms with E-state index in [9.17, 15) is 0 Å². The zero-order valence-electron chi connectivity index (χ0n) is 8.37. The smallest absolute Gasteiger partial charge is 0.0342 e. The molecule has 0 aliphatic rings. The van der Waals surface area contributed by atoms with Crippen LogP contribution < -0.4 is 0 Å². The quantitative estimate of drug-likeness (QED) is 0.340. The third-order valence-electron chi connectivity index (χ3n) is 2.81. The van der Waals surface area contributed by atoms with E-state index in [2.05, 4.69) is 93.7 Å². The van der Waals surface area contributed by atoms with Crippen LogP contribution >= 0.6 is 45.2 Å². The zero-order chi connectivity index (χ0) is 11.1. The second-order valence-electron chi connectivity index (χ2n) is 3.74. The van der Waals surface area contributed by atoms with E-state index in [1.807, 2.05) is 0 Å². The van der Waals surface area contributed by atoms with Crippen molar-refractivity contribution < 1.29 is 0 Å². The van der Waals surface area contributed by atoms with Gasteiger partial charge in [0.25, 0.3) is 0 Å². The SMILES string of the molecule is Ic1ccc2c(ccc3ccccc32)c1I. The summed E-state index contributed by atoms with van der Waals surface area (Å²) in [7, 11) is 0. The first-order valence-corrected chi connectivity index (χ1v) is 7.18. The van der Waals surface area contributed by atoms with E-state index in [1.165, 1.54) is 28.7 Å². The molecule has 0 nitrogen and oxygen atoms in total. The van der Waals surface area contributed by atoms with Crippen molar-refractivity contribution in [2.45, 2.75) is 0 Å². The van der Waals surface area contributed by atoms with Crippen LogP contribution in [0.25, 0.3) is 21.5 Å². The zero-order valence-corrected chi connectivity index (χ0v) is 12.7. The molecule has 16 heavy (non-hydrogen) atoms. The second-order valence-corrected chi connectivity index (χ2v) is 5.98. The van der Waals surface area contributed by atoms with Crippen LogP contribution in [0.15, 0.2) is 48.5 Å². The molecular formula is C14H8I2. The predicted octanol–water partition coefficient (Wildman–Crippen LogP) is 5.20. The van der Waals surface area contributed by atoms with Crippen LogP contribution in [0.3, 0.4) is 0 Å². The summed E-state index contributed by atoms with van der Waals surface area (Å²) in [5, 5.41) is 5.36. The van der Waals surface area contributed by atoms with Gasteiger partial charge in [0.05, 0.1) is 0 Å². The van der Waals surface area contributed by atoms with Crippen LogP contribution in [0, 0.1) is 7.14 Å². The van der Waals surface area contributed by atoms with Crippen LogP contribution in [-0.2, 0) is 0 Å². The number of fused-ring (bicyclic) bond motifs is 3. The van der Waals surface area contributed by atoms with Gasteiger partial charge in [-0.3, -0.25) is 0 Å². The number of benzene rings is 3. The first-order chi connectivity index (χ1) is 7.77. The summed E-state index contributed by atoms with van der Waals surface area (Å²) in [5.41, 5.74) is 0. The number of hydrogen-bond donors (Lipinski definition) is 0. The lowest BCUT2D eigenvalue weighted by Gasteiger charge is -2.06. The van der Waals surface area contributed by atoms with Gasteiger partial charge in [0.2, 0.25) is 0 Å².